The van der Waals surface area contributed by atoms with Crippen LogP contribution in [-0.2, 0) is 11.3 Å². The van der Waals surface area contributed by atoms with E-state index in [-0.39, 0.29) is 5.91 Å². The van der Waals surface area contributed by atoms with Crippen molar-refractivity contribution in [2.75, 3.05) is 37.9 Å². The van der Waals surface area contributed by atoms with Gasteiger partial charge in [-0.05, 0) is 47.7 Å². The first kappa shape index (κ1) is 22.0. The highest BCUT2D eigenvalue weighted by atomic mass is 16.2. The maximum absolute atomic E-state index is 12.7. The number of anilines is 2. The minimum atomic E-state index is 0.0300. The molecule has 0 aliphatic heterocycles. The van der Waals surface area contributed by atoms with Gasteiger partial charge in [-0.25, -0.2) is 0 Å². The maximum atomic E-state index is 12.7. The Morgan fingerprint density at radius 3 is 1.89 bits per heavy atom. The van der Waals surface area contributed by atoms with E-state index in [1.807, 2.05) is 26.0 Å². The fraction of sp³-hybridized carbons (Fsp3) is 0.458. The first-order valence-corrected chi connectivity index (χ1v) is 10.1. The van der Waals surface area contributed by atoms with Crippen molar-refractivity contribution in [3.05, 3.63) is 59.2 Å². The lowest BCUT2D eigenvalue weighted by Crippen LogP contribution is -2.30. The molecule has 0 aliphatic carbocycles. The van der Waals surface area contributed by atoms with Crippen LogP contribution in [0.1, 0.15) is 56.2 Å². The molecule has 2 rings (SSSR count). The van der Waals surface area contributed by atoms with Crippen LogP contribution in [0.15, 0.2) is 42.5 Å². The second kappa shape index (κ2) is 9.74. The zero-order valence-electron chi connectivity index (χ0n) is 18.4. The summed E-state index contributed by atoms with van der Waals surface area (Å²) in [5.74, 6) is 0.756. The zero-order chi connectivity index (χ0) is 20.8. The molecule has 1 amide bonds. The molecule has 0 heterocycles. The van der Waals surface area contributed by atoms with E-state index in [1.165, 1.54) is 22.4 Å². The highest BCUT2D eigenvalue weighted by Gasteiger charge is 2.16. The number of likely N-dealkylation sites (N-methyl/N-ethyl adjacent to an activating group) is 1. The minimum Gasteiger partial charge on any atom is -0.378 e. The van der Waals surface area contributed by atoms with E-state index in [0.717, 1.165) is 12.2 Å². The van der Waals surface area contributed by atoms with Crippen molar-refractivity contribution in [3.8, 4) is 0 Å². The van der Waals surface area contributed by atoms with Gasteiger partial charge in [-0.2, -0.15) is 0 Å². The van der Waals surface area contributed by atoms with Gasteiger partial charge in [0.25, 0.3) is 0 Å². The van der Waals surface area contributed by atoms with E-state index in [1.54, 1.807) is 0 Å². The Labute approximate surface area is 170 Å². The van der Waals surface area contributed by atoms with Crippen LogP contribution in [-0.4, -0.2) is 38.5 Å². The van der Waals surface area contributed by atoms with Crippen LogP contribution >= 0.6 is 0 Å². The van der Waals surface area contributed by atoms with E-state index in [2.05, 4.69) is 80.4 Å². The van der Waals surface area contributed by atoms with Crippen LogP contribution in [0.25, 0.3) is 0 Å². The molecule has 1 N–H and O–H groups in total. The highest BCUT2D eigenvalue weighted by Crippen LogP contribution is 2.32. The lowest BCUT2D eigenvalue weighted by molar-refractivity contribution is -0.117. The molecule has 2 aromatic rings. The average Bonchev–Trinajstić information content (AvgIpc) is 2.61. The number of nitrogens with zero attached hydrogens (tertiary/aromatic N) is 2. The highest BCUT2D eigenvalue weighted by molar-refractivity contribution is 5.94. The lowest BCUT2D eigenvalue weighted by Gasteiger charge is -2.22. The maximum Gasteiger partial charge on any atom is 0.238 e. The quantitative estimate of drug-likeness (QED) is 0.693. The fourth-order valence-electron chi connectivity index (χ4n) is 3.39. The number of benzene rings is 2. The van der Waals surface area contributed by atoms with Crippen molar-refractivity contribution in [2.24, 2.45) is 0 Å². The zero-order valence-corrected chi connectivity index (χ0v) is 18.4. The van der Waals surface area contributed by atoms with Crippen LogP contribution in [0.4, 0.5) is 11.4 Å². The van der Waals surface area contributed by atoms with Crippen LogP contribution in [0, 0.1) is 0 Å². The van der Waals surface area contributed by atoms with E-state index >= 15 is 0 Å². The second-order valence-electron chi connectivity index (χ2n) is 8.40. The summed E-state index contributed by atoms with van der Waals surface area (Å²) >= 11 is 0. The number of carbonyl (C=O) groups excluding carboxylic acids is 1. The first-order valence-electron chi connectivity index (χ1n) is 10.1. The molecule has 0 aliphatic rings. The van der Waals surface area contributed by atoms with Crippen molar-refractivity contribution in [1.29, 1.82) is 0 Å². The molecule has 0 saturated carbocycles. The molecule has 0 fully saturated rings. The third-order valence-corrected chi connectivity index (χ3v) is 4.96. The number of nitrogens with one attached hydrogen (secondary N) is 1. The molecular weight excluding hydrogens is 346 g/mol. The molecule has 0 saturated heterocycles. The minimum absolute atomic E-state index is 0.0300. The van der Waals surface area contributed by atoms with Crippen molar-refractivity contribution in [3.63, 3.8) is 0 Å². The van der Waals surface area contributed by atoms with E-state index < -0.39 is 0 Å². The van der Waals surface area contributed by atoms with Gasteiger partial charge in [0, 0.05) is 32.0 Å². The van der Waals surface area contributed by atoms with Crippen LogP contribution < -0.4 is 10.2 Å². The molecule has 2 aromatic carbocycles. The monoisotopic (exact) mass is 381 g/mol. The molecular formula is C24H35N3O. The summed E-state index contributed by atoms with van der Waals surface area (Å²) in [6.07, 6.45) is 0. The number of para-hydroxylation sites is 1. The smallest absolute Gasteiger partial charge is 0.238 e. The van der Waals surface area contributed by atoms with Gasteiger partial charge in [0.2, 0.25) is 5.91 Å². The molecule has 152 valence electrons. The normalized spacial score (nSPS) is 11.4. The summed E-state index contributed by atoms with van der Waals surface area (Å²) in [5, 5.41) is 3.20. The van der Waals surface area contributed by atoms with Gasteiger partial charge in [-0.1, -0.05) is 58.0 Å². The molecule has 0 atom stereocenters. The number of hydrogen-bond acceptors (Lipinski definition) is 3. The molecule has 28 heavy (non-hydrogen) atoms. The van der Waals surface area contributed by atoms with Gasteiger partial charge in [0.15, 0.2) is 0 Å². The third-order valence-electron chi connectivity index (χ3n) is 4.96. The van der Waals surface area contributed by atoms with E-state index in [0.29, 0.717) is 18.4 Å². The lowest BCUT2D eigenvalue weighted by atomic mass is 9.92. The molecule has 4 nitrogen and oxygen atoms in total. The summed E-state index contributed by atoms with van der Waals surface area (Å²) in [4.78, 5) is 16.9. The van der Waals surface area contributed by atoms with Gasteiger partial charge in [-0.15, -0.1) is 0 Å². The average molecular weight is 382 g/mol. The van der Waals surface area contributed by atoms with Crippen molar-refractivity contribution < 1.29 is 4.79 Å². The van der Waals surface area contributed by atoms with Gasteiger partial charge in [-0.3, -0.25) is 9.69 Å². The largest absolute Gasteiger partial charge is 0.378 e. The third kappa shape index (κ3) is 5.83. The molecule has 0 bridgehead atoms. The van der Waals surface area contributed by atoms with Crippen molar-refractivity contribution >= 4 is 17.3 Å². The molecule has 0 radical (unpaired) electrons. The summed E-state index contributed by atoms with van der Waals surface area (Å²) in [5.41, 5.74) is 5.76. The molecule has 0 aromatic heterocycles. The topological polar surface area (TPSA) is 35.6 Å². The Kier molecular flexibility index (Phi) is 7.64. The summed E-state index contributed by atoms with van der Waals surface area (Å²) < 4.78 is 0. The van der Waals surface area contributed by atoms with Crippen LogP contribution in [0.3, 0.4) is 0 Å². The predicted octanol–water partition coefficient (Wildman–Crippen LogP) is 5.07. The number of rotatable bonds is 8. The number of amides is 1. The molecule has 0 spiro atoms. The Balaban J connectivity index is 2.05. The van der Waals surface area contributed by atoms with Gasteiger partial charge < -0.3 is 10.2 Å². The summed E-state index contributed by atoms with van der Waals surface area (Å²) in [7, 11) is 6.05. The summed E-state index contributed by atoms with van der Waals surface area (Å²) in [6, 6.07) is 14.8. The molecule has 0 unspecified atom stereocenters. The van der Waals surface area contributed by atoms with Crippen molar-refractivity contribution in [2.45, 2.75) is 46.1 Å². The Morgan fingerprint density at radius 2 is 1.43 bits per heavy atom. The fourth-order valence-corrected chi connectivity index (χ4v) is 3.39. The standard InChI is InChI=1S/C24H35N3O/c1-17(2)21-9-8-10-22(18(3)4)24(21)25-23(28)16-27(7)15-19-11-13-20(14-12-19)26(5)6/h8-14,17-18H,15-16H2,1-7H3,(H,25,28). The Morgan fingerprint density at radius 1 is 0.893 bits per heavy atom. The van der Waals surface area contributed by atoms with Gasteiger partial charge in [0.1, 0.15) is 0 Å². The van der Waals surface area contributed by atoms with Gasteiger partial charge >= 0.3 is 0 Å². The van der Waals surface area contributed by atoms with Gasteiger partial charge in [0.05, 0.1) is 6.54 Å². The number of carbonyl (C=O) groups is 1. The second-order valence-corrected chi connectivity index (χ2v) is 8.40. The van der Waals surface area contributed by atoms with E-state index in [9.17, 15) is 4.79 Å². The van der Waals surface area contributed by atoms with E-state index in [4.69, 9.17) is 0 Å². The SMILES string of the molecule is CC(C)c1cccc(C(C)C)c1NC(=O)CN(C)Cc1ccc(N(C)C)cc1. The Bertz CT molecular complexity index is 753. The first-order chi connectivity index (χ1) is 13.2. The van der Waals surface area contributed by atoms with Crippen LogP contribution in [0.2, 0.25) is 0 Å². The number of hydrogen-bond donors (Lipinski definition) is 1. The Hall–Kier alpha value is -2.33. The summed E-state index contributed by atoms with van der Waals surface area (Å²) in [6.45, 7) is 9.76. The van der Waals surface area contributed by atoms with Crippen LogP contribution in [0.5, 0.6) is 0 Å². The molecule has 4 heteroatoms. The predicted molar refractivity (Wildman–Crippen MR) is 120 cm³/mol. The van der Waals surface area contributed by atoms with Crippen molar-refractivity contribution in [1.82, 2.24) is 4.90 Å².